The van der Waals surface area contributed by atoms with E-state index in [4.69, 9.17) is 14.2 Å². The van der Waals surface area contributed by atoms with E-state index in [0.29, 0.717) is 19.3 Å². The molecule has 1 unspecified atom stereocenters. The molecule has 6 heteroatoms. The molecule has 0 aliphatic carbocycles. The number of unbranched alkanes of at least 4 members (excludes halogenated alkanes) is 15. The second kappa shape index (κ2) is 56.1. The highest BCUT2D eigenvalue weighted by molar-refractivity contribution is 5.71. The fourth-order valence-electron chi connectivity index (χ4n) is 7.04. The largest absolute Gasteiger partial charge is 0.462 e. The van der Waals surface area contributed by atoms with Gasteiger partial charge in [0.25, 0.3) is 0 Å². The number of ether oxygens (including phenoxy) is 3. The summed E-state index contributed by atoms with van der Waals surface area (Å²) in [5.74, 6) is -1.03. The summed E-state index contributed by atoms with van der Waals surface area (Å²) in [5.41, 5.74) is 0. The first-order valence-electron chi connectivity index (χ1n) is 27.7. The lowest BCUT2D eigenvalue weighted by atomic mass is 10.1. The van der Waals surface area contributed by atoms with Crippen LogP contribution in [0.15, 0.2) is 134 Å². The number of hydrogen-bond acceptors (Lipinski definition) is 6. The topological polar surface area (TPSA) is 78.9 Å². The second-order valence-corrected chi connectivity index (χ2v) is 17.7. The Balaban J connectivity index is 4.56. The average molecular weight is 953 g/mol. The molecule has 6 nitrogen and oxygen atoms in total. The van der Waals surface area contributed by atoms with E-state index in [1.807, 2.05) is 12.2 Å². The number of carbonyl (C=O) groups excluding carboxylic acids is 3. The van der Waals surface area contributed by atoms with Crippen LogP contribution in [0.3, 0.4) is 0 Å². The van der Waals surface area contributed by atoms with Gasteiger partial charge in [-0.1, -0.05) is 219 Å². The van der Waals surface area contributed by atoms with Crippen molar-refractivity contribution in [3.63, 3.8) is 0 Å². The van der Waals surface area contributed by atoms with E-state index in [9.17, 15) is 14.4 Å². The van der Waals surface area contributed by atoms with Crippen LogP contribution >= 0.6 is 0 Å². The van der Waals surface area contributed by atoms with Crippen molar-refractivity contribution in [1.29, 1.82) is 0 Å². The molecule has 388 valence electrons. The first-order chi connectivity index (χ1) is 34.0. The molecule has 0 N–H and O–H groups in total. The van der Waals surface area contributed by atoms with Crippen LogP contribution in [-0.4, -0.2) is 37.2 Å². The van der Waals surface area contributed by atoms with Crippen molar-refractivity contribution in [2.45, 2.75) is 232 Å². The maximum absolute atomic E-state index is 12.8. The fourth-order valence-corrected chi connectivity index (χ4v) is 7.04. The smallest absolute Gasteiger partial charge is 0.306 e. The third-order valence-electron chi connectivity index (χ3n) is 11.1. The van der Waals surface area contributed by atoms with Crippen molar-refractivity contribution in [3.8, 4) is 0 Å². The van der Waals surface area contributed by atoms with Gasteiger partial charge in [-0.05, 0) is 122 Å². The van der Waals surface area contributed by atoms with Gasteiger partial charge < -0.3 is 14.2 Å². The van der Waals surface area contributed by atoms with Crippen molar-refractivity contribution in [2.24, 2.45) is 0 Å². The molecule has 0 aliphatic rings. The van der Waals surface area contributed by atoms with Crippen molar-refractivity contribution in [3.05, 3.63) is 134 Å². The van der Waals surface area contributed by atoms with Gasteiger partial charge in [-0.2, -0.15) is 0 Å². The van der Waals surface area contributed by atoms with Crippen LogP contribution in [-0.2, 0) is 28.6 Å². The Hall–Kier alpha value is -4.45. The van der Waals surface area contributed by atoms with E-state index in [1.54, 1.807) is 0 Å². The Labute approximate surface area is 424 Å². The van der Waals surface area contributed by atoms with Crippen LogP contribution < -0.4 is 0 Å². The van der Waals surface area contributed by atoms with E-state index in [1.165, 1.54) is 44.9 Å². The highest BCUT2D eigenvalue weighted by Crippen LogP contribution is 2.13. The van der Waals surface area contributed by atoms with E-state index in [-0.39, 0.29) is 37.5 Å². The zero-order valence-corrected chi connectivity index (χ0v) is 44.3. The van der Waals surface area contributed by atoms with E-state index >= 15 is 0 Å². The summed E-state index contributed by atoms with van der Waals surface area (Å²) >= 11 is 0. The molecular weight excluding hydrogens is 853 g/mol. The van der Waals surface area contributed by atoms with Crippen molar-refractivity contribution < 1.29 is 28.6 Å². The van der Waals surface area contributed by atoms with Crippen molar-refractivity contribution in [2.75, 3.05) is 13.2 Å². The molecule has 0 radical (unpaired) electrons. The third-order valence-corrected chi connectivity index (χ3v) is 11.1. The lowest BCUT2D eigenvalue weighted by molar-refractivity contribution is -0.166. The fraction of sp³-hybridized carbons (Fsp3) is 0.603. The molecule has 0 aromatic carbocycles. The van der Waals surface area contributed by atoms with Gasteiger partial charge in [0, 0.05) is 19.3 Å². The quantitative estimate of drug-likeness (QED) is 0.0262. The molecule has 1 atom stereocenters. The molecule has 0 saturated heterocycles. The van der Waals surface area contributed by atoms with Crippen molar-refractivity contribution >= 4 is 17.9 Å². The van der Waals surface area contributed by atoms with Crippen LogP contribution in [0.25, 0.3) is 0 Å². The molecule has 0 aromatic rings. The predicted octanol–water partition coefficient (Wildman–Crippen LogP) is 18.6. The van der Waals surface area contributed by atoms with Gasteiger partial charge in [0.05, 0.1) is 0 Å². The van der Waals surface area contributed by atoms with Gasteiger partial charge in [-0.15, -0.1) is 0 Å². The minimum Gasteiger partial charge on any atom is -0.462 e. The maximum Gasteiger partial charge on any atom is 0.306 e. The molecule has 0 fully saturated rings. The number of carbonyl (C=O) groups is 3. The maximum atomic E-state index is 12.8. The molecular formula is C63H100O6. The van der Waals surface area contributed by atoms with Gasteiger partial charge in [-0.25, -0.2) is 0 Å². The molecule has 0 aromatic heterocycles. The Bertz CT molecular complexity index is 1510. The number of esters is 3. The summed E-state index contributed by atoms with van der Waals surface area (Å²) in [6.45, 7) is 6.29. The lowest BCUT2D eigenvalue weighted by Gasteiger charge is -2.18. The summed E-state index contributed by atoms with van der Waals surface area (Å²) in [5, 5.41) is 0. The summed E-state index contributed by atoms with van der Waals surface area (Å²) in [4.78, 5) is 38.1. The summed E-state index contributed by atoms with van der Waals surface area (Å²) in [6.07, 6.45) is 78.7. The molecule has 0 saturated carbocycles. The summed E-state index contributed by atoms with van der Waals surface area (Å²) in [6, 6.07) is 0. The first-order valence-corrected chi connectivity index (χ1v) is 27.7. The highest BCUT2D eigenvalue weighted by Gasteiger charge is 2.19. The van der Waals surface area contributed by atoms with Crippen molar-refractivity contribution in [1.82, 2.24) is 0 Å². The van der Waals surface area contributed by atoms with Crippen LogP contribution in [0, 0.1) is 0 Å². The zero-order valence-electron chi connectivity index (χ0n) is 44.3. The number of allylic oxidation sites excluding steroid dienone is 22. The van der Waals surface area contributed by atoms with Crippen LogP contribution in [0.5, 0.6) is 0 Å². The number of rotatable bonds is 48. The zero-order chi connectivity index (χ0) is 50.0. The van der Waals surface area contributed by atoms with Crippen LogP contribution in [0.2, 0.25) is 0 Å². The van der Waals surface area contributed by atoms with E-state index in [2.05, 4.69) is 142 Å². The summed E-state index contributed by atoms with van der Waals surface area (Å²) in [7, 11) is 0. The summed E-state index contributed by atoms with van der Waals surface area (Å²) < 4.78 is 16.8. The van der Waals surface area contributed by atoms with Crippen LogP contribution in [0.1, 0.15) is 226 Å². The molecule has 0 bridgehead atoms. The predicted molar refractivity (Wildman–Crippen MR) is 297 cm³/mol. The van der Waals surface area contributed by atoms with E-state index < -0.39 is 6.10 Å². The molecule has 0 aliphatic heterocycles. The van der Waals surface area contributed by atoms with Gasteiger partial charge >= 0.3 is 17.9 Å². The number of hydrogen-bond donors (Lipinski definition) is 0. The SMILES string of the molecule is CC/C=C\C/C=C\C/C=C\C/C=C\C/C=C\C/C=C\CCC(=O)OCC(COC(=O)CCCCCCC/C=C\C/C=C\CCCCC)OC(=O)CCCCCCCCC/C=C\C/C=C\C/C=C\CC. The Kier molecular flexibility index (Phi) is 52.5. The minimum atomic E-state index is -0.825. The molecule has 0 spiro atoms. The highest BCUT2D eigenvalue weighted by atomic mass is 16.6. The standard InChI is InChI=1S/C63H100O6/c1-4-7-10-13-16-19-22-25-28-30-31-33-35-38-41-44-47-50-53-56-62(65)68-59-60(58-67-61(64)55-52-49-46-43-40-37-34-27-24-21-18-15-12-9-6-3)69-63(66)57-54-51-48-45-42-39-36-32-29-26-23-20-17-14-11-8-5-2/h7-8,10-11,16-21,25-29,31,33-34,38,41,47,50,60H,4-6,9,12-15,22-24,30,32,35-37,39-40,42-46,48-49,51-59H2,1-3H3/b10-7-,11-8-,19-16-,20-17-,21-18-,28-25-,29-26-,33-31-,34-27-,41-38-,50-47-. The average Bonchev–Trinajstić information content (AvgIpc) is 3.35. The second-order valence-electron chi connectivity index (χ2n) is 17.7. The molecule has 0 rings (SSSR count). The molecule has 69 heavy (non-hydrogen) atoms. The monoisotopic (exact) mass is 953 g/mol. The minimum absolute atomic E-state index is 0.117. The third kappa shape index (κ3) is 54.4. The normalized spacial score (nSPS) is 13.1. The lowest BCUT2D eigenvalue weighted by Crippen LogP contribution is -2.30. The van der Waals surface area contributed by atoms with Gasteiger partial charge in [-0.3, -0.25) is 14.4 Å². The Morgan fingerprint density at radius 3 is 0.971 bits per heavy atom. The Morgan fingerprint density at radius 1 is 0.304 bits per heavy atom. The van der Waals surface area contributed by atoms with Gasteiger partial charge in [0.15, 0.2) is 6.10 Å². The van der Waals surface area contributed by atoms with Gasteiger partial charge in [0.1, 0.15) is 13.2 Å². The van der Waals surface area contributed by atoms with E-state index in [0.717, 1.165) is 135 Å². The molecule has 0 heterocycles. The van der Waals surface area contributed by atoms with Gasteiger partial charge in [0.2, 0.25) is 0 Å². The Morgan fingerprint density at radius 2 is 0.594 bits per heavy atom. The molecule has 0 amide bonds. The first kappa shape index (κ1) is 64.5. The van der Waals surface area contributed by atoms with Crippen LogP contribution in [0.4, 0.5) is 0 Å².